The second kappa shape index (κ2) is 9.50. The Morgan fingerprint density at radius 2 is 1.95 bits per heavy atom. The number of nitrogens with two attached hydrogens (primary N) is 1. The maximum atomic E-state index is 14.7. The van der Waals surface area contributed by atoms with Crippen LogP contribution >= 0.6 is 0 Å². The van der Waals surface area contributed by atoms with Gasteiger partial charge in [-0.05, 0) is 67.0 Å². The van der Waals surface area contributed by atoms with Crippen molar-refractivity contribution < 1.29 is 23.1 Å². The molecule has 0 unspecified atom stereocenters. The van der Waals surface area contributed by atoms with E-state index in [9.17, 15) is 18.4 Å². The first-order valence-electron chi connectivity index (χ1n) is 11.7. The molecule has 2 heterocycles. The van der Waals surface area contributed by atoms with Gasteiger partial charge in [0.2, 0.25) is 0 Å². The summed E-state index contributed by atoms with van der Waals surface area (Å²) >= 11 is 0. The molecular weight excluding hydrogens is 480 g/mol. The largest absolute Gasteiger partial charge is 0.481 e. The number of amides is 2. The molecule has 3 aromatic rings. The third-order valence-corrected chi connectivity index (χ3v) is 6.54. The number of halogens is 2. The highest BCUT2D eigenvalue weighted by Gasteiger charge is 2.33. The fourth-order valence-corrected chi connectivity index (χ4v) is 4.26. The van der Waals surface area contributed by atoms with Gasteiger partial charge in [-0.1, -0.05) is 6.07 Å². The third-order valence-electron chi connectivity index (χ3n) is 6.54. The second-order valence-corrected chi connectivity index (χ2v) is 9.12. The normalized spacial score (nSPS) is 15.0. The lowest BCUT2D eigenvalue weighted by Gasteiger charge is -2.38. The van der Waals surface area contributed by atoms with Gasteiger partial charge in [0.05, 0.1) is 18.7 Å². The Labute approximate surface area is 211 Å². The van der Waals surface area contributed by atoms with Crippen LogP contribution in [-0.2, 0) is 4.79 Å². The Morgan fingerprint density at radius 3 is 2.62 bits per heavy atom. The number of ether oxygens (including phenoxy) is 1. The summed E-state index contributed by atoms with van der Waals surface area (Å²) in [5.41, 5.74) is 7.90. The van der Waals surface area contributed by atoms with Gasteiger partial charge >= 0.3 is 0 Å². The van der Waals surface area contributed by atoms with E-state index in [1.165, 1.54) is 29.4 Å². The summed E-state index contributed by atoms with van der Waals surface area (Å²) in [4.78, 5) is 34.1. The molecule has 188 valence electrons. The monoisotopic (exact) mass is 503 g/mol. The van der Waals surface area contributed by atoms with Crippen LogP contribution in [0.5, 0.6) is 5.75 Å². The molecule has 3 N–H and O–H groups in total. The maximum absolute atomic E-state index is 14.7. The number of likely N-dealkylation sites (tertiary alicyclic amines) is 1. The molecule has 1 saturated heterocycles. The Balaban J connectivity index is 1.42. The molecule has 2 aromatic carbocycles. The summed E-state index contributed by atoms with van der Waals surface area (Å²) in [6.07, 6.45) is 7.98. The van der Waals surface area contributed by atoms with Crippen molar-refractivity contribution >= 4 is 23.3 Å². The predicted octanol–water partition coefficient (Wildman–Crippen LogP) is 3.66. The summed E-state index contributed by atoms with van der Waals surface area (Å²) in [6.45, 7) is 2.17. The SMILES string of the molecule is C#CC(=O)N1CC(Oc2c(N)ncnc2-c2cc(F)cc(NC(=O)c3ccc(C4CC4)cc3F)c2C)C1. The van der Waals surface area contributed by atoms with Gasteiger partial charge < -0.3 is 20.7 Å². The summed E-state index contributed by atoms with van der Waals surface area (Å²) in [5.74, 6) is 0.0976. The molecule has 0 atom stereocenters. The Kier molecular flexibility index (Phi) is 6.21. The van der Waals surface area contributed by atoms with Crippen LogP contribution in [0, 0.1) is 30.9 Å². The molecule has 2 amide bonds. The van der Waals surface area contributed by atoms with E-state index in [1.54, 1.807) is 13.0 Å². The first-order chi connectivity index (χ1) is 17.7. The lowest BCUT2D eigenvalue weighted by Crippen LogP contribution is -2.55. The van der Waals surface area contributed by atoms with Crippen molar-refractivity contribution in [2.24, 2.45) is 0 Å². The quantitative estimate of drug-likeness (QED) is 0.497. The molecular formula is C27H23F2N5O3. The van der Waals surface area contributed by atoms with E-state index in [4.69, 9.17) is 16.9 Å². The molecule has 2 aliphatic rings. The van der Waals surface area contributed by atoms with Crippen molar-refractivity contribution in [3.63, 3.8) is 0 Å². The zero-order valence-corrected chi connectivity index (χ0v) is 19.9. The Hall–Kier alpha value is -4.52. The van der Waals surface area contributed by atoms with Gasteiger partial charge in [-0.25, -0.2) is 18.7 Å². The molecule has 1 aliphatic carbocycles. The molecule has 0 bridgehead atoms. The number of aromatic nitrogens is 2. The van der Waals surface area contributed by atoms with E-state index in [0.717, 1.165) is 24.5 Å². The molecule has 1 saturated carbocycles. The number of benzene rings is 2. The molecule has 8 nitrogen and oxygen atoms in total. The van der Waals surface area contributed by atoms with Gasteiger partial charge in [0.1, 0.15) is 29.8 Å². The van der Waals surface area contributed by atoms with Crippen molar-refractivity contribution in [3.8, 4) is 29.4 Å². The number of nitrogens with one attached hydrogen (secondary N) is 1. The van der Waals surface area contributed by atoms with E-state index in [0.29, 0.717) is 17.0 Å². The summed E-state index contributed by atoms with van der Waals surface area (Å²) in [6, 6.07) is 6.94. The number of nitrogens with zero attached hydrogens (tertiary/aromatic N) is 3. The van der Waals surface area contributed by atoms with E-state index < -0.39 is 29.6 Å². The molecule has 0 spiro atoms. The van der Waals surface area contributed by atoms with E-state index in [1.807, 2.05) is 5.92 Å². The average molecular weight is 504 g/mol. The van der Waals surface area contributed by atoms with Crippen molar-refractivity contribution in [2.75, 3.05) is 24.1 Å². The van der Waals surface area contributed by atoms with Crippen LogP contribution in [-0.4, -0.2) is 45.9 Å². The number of rotatable bonds is 6. The highest BCUT2D eigenvalue weighted by Crippen LogP contribution is 2.41. The van der Waals surface area contributed by atoms with Gasteiger partial charge in [0.25, 0.3) is 11.8 Å². The van der Waals surface area contributed by atoms with E-state index in [-0.39, 0.29) is 41.6 Å². The third kappa shape index (κ3) is 4.80. The lowest BCUT2D eigenvalue weighted by molar-refractivity contribution is -0.133. The van der Waals surface area contributed by atoms with Crippen molar-refractivity contribution in [2.45, 2.75) is 31.8 Å². The second-order valence-electron chi connectivity index (χ2n) is 9.12. The molecule has 1 aromatic heterocycles. The van der Waals surface area contributed by atoms with Gasteiger partial charge in [-0.3, -0.25) is 9.59 Å². The van der Waals surface area contributed by atoms with Gasteiger partial charge in [0, 0.05) is 11.3 Å². The minimum atomic E-state index is -0.703. The summed E-state index contributed by atoms with van der Waals surface area (Å²) < 4.78 is 35.3. The fraction of sp³-hybridized carbons (Fsp3) is 0.259. The van der Waals surface area contributed by atoms with Crippen LogP contribution < -0.4 is 15.8 Å². The summed E-state index contributed by atoms with van der Waals surface area (Å²) in [7, 11) is 0. The van der Waals surface area contributed by atoms with E-state index >= 15 is 0 Å². The molecule has 37 heavy (non-hydrogen) atoms. The number of carbonyl (C=O) groups excluding carboxylic acids is 2. The minimum absolute atomic E-state index is 0.0267. The van der Waals surface area contributed by atoms with Gasteiger partial charge in [-0.15, -0.1) is 6.42 Å². The first-order valence-corrected chi connectivity index (χ1v) is 11.7. The zero-order chi connectivity index (χ0) is 26.3. The van der Waals surface area contributed by atoms with Crippen molar-refractivity contribution in [1.82, 2.24) is 14.9 Å². The number of hydrogen-bond acceptors (Lipinski definition) is 6. The standard InChI is InChI=1S/C27H23F2N5O3/c1-3-23(35)34-11-18(12-34)37-25-24(31-13-32-26(25)30)20-9-17(28)10-22(14(20)2)33-27(36)19-7-6-16(8-21(19)29)15-4-5-15/h1,6-10,13,15,18H,4-5,11-12H2,2H3,(H,33,36)(H2,30,31,32). The zero-order valence-electron chi connectivity index (χ0n) is 19.9. The van der Waals surface area contributed by atoms with Crippen LogP contribution in [0.2, 0.25) is 0 Å². The Morgan fingerprint density at radius 1 is 1.19 bits per heavy atom. The number of terminal acetylenes is 1. The minimum Gasteiger partial charge on any atom is -0.481 e. The molecule has 2 fully saturated rings. The smallest absolute Gasteiger partial charge is 0.298 e. The predicted molar refractivity (Wildman–Crippen MR) is 133 cm³/mol. The van der Waals surface area contributed by atoms with Crippen LogP contribution in [0.15, 0.2) is 36.7 Å². The van der Waals surface area contributed by atoms with Crippen LogP contribution in [0.3, 0.4) is 0 Å². The van der Waals surface area contributed by atoms with Crippen molar-refractivity contribution in [3.05, 3.63) is 65.0 Å². The maximum Gasteiger partial charge on any atom is 0.298 e. The average Bonchev–Trinajstić information content (AvgIpc) is 3.69. The molecule has 0 radical (unpaired) electrons. The van der Waals surface area contributed by atoms with Gasteiger partial charge in [0.15, 0.2) is 11.6 Å². The highest BCUT2D eigenvalue weighted by molar-refractivity contribution is 6.05. The van der Waals surface area contributed by atoms with Crippen LogP contribution in [0.25, 0.3) is 11.3 Å². The topological polar surface area (TPSA) is 110 Å². The number of hydrogen-bond donors (Lipinski definition) is 2. The van der Waals surface area contributed by atoms with Crippen LogP contribution in [0.4, 0.5) is 20.3 Å². The van der Waals surface area contributed by atoms with Crippen LogP contribution in [0.1, 0.15) is 40.2 Å². The molecule has 1 aliphatic heterocycles. The first kappa shape index (κ1) is 24.2. The lowest BCUT2D eigenvalue weighted by atomic mass is 10.0. The van der Waals surface area contributed by atoms with Gasteiger partial charge in [-0.2, -0.15) is 0 Å². The van der Waals surface area contributed by atoms with Crippen molar-refractivity contribution in [1.29, 1.82) is 0 Å². The molecule has 5 rings (SSSR count). The number of nitrogen functional groups attached to an aromatic ring is 1. The number of carbonyl (C=O) groups is 2. The summed E-state index contributed by atoms with van der Waals surface area (Å²) in [5, 5.41) is 2.61. The Bertz CT molecular complexity index is 1460. The fourth-order valence-electron chi connectivity index (χ4n) is 4.26. The van der Waals surface area contributed by atoms with E-state index in [2.05, 4.69) is 15.3 Å². The molecule has 10 heteroatoms. The highest BCUT2D eigenvalue weighted by atomic mass is 19.1. The number of anilines is 2.